The van der Waals surface area contributed by atoms with E-state index >= 15 is 0 Å². The third kappa shape index (κ3) is 3.01. The molecule has 0 spiro atoms. The van der Waals surface area contributed by atoms with Crippen molar-refractivity contribution < 1.29 is 4.39 Å². The molecule has 3 atom stereocenters. The molecule has 1 aromatic heterocycles. The van der Waals surface area contributed by atoms with Crippen molar-refractivity contribution in [2.45, 2.75) is 24.9 Å². The lowest BCUT2D eigenvalue weighted by Crippen LogP contribution is -2.46. The minimum atomic E-state index is -0.375. The second-order valence-electron chi connectivity index (χ2n) is 6.58. The standard InChI is InChI=1S/C15H24FN5/c1-19(2)10-13-6-11-9-21(5-4-14(11)20(13)3)15-17-7-12(16)8-18-15/h7-8,11,13-14H,4-6,9-10H2,1-3H3/t11?,13-,14?/m0/s1. The predicted octanol–water partition coefficient (Wildman–Crippen LogP) is 1.08. The number of hydrogen-bond acceptors (Lipinski definition) is 5. The largest absolute Gasteiger partial charge is 0.340 e. The molecule has 2 fully saturated rings. The van der Waals surface area contributed by atoms with Gasteiger partial charge >= 0.3 is 0 Å². The minimum Gasteiger partial charge on any atom is -0.340 e. The summed E-state index contributed by atoms with van der Waals surface area (Å²) in [6.07, 6.45) is 4.86. The number of likely N-dealkylation sites (N-methyl/N-ethyl adjacent to an activating group) is 2. The van der Waals surface area contributed by atoms with E-state index in [2.05, 4.69) is 45.8 Å². The molecule has 3 rings (SSSR count). The van der Waals surface area contributed by atoms with Gasteiger partial charge in [0.05, 0.1) is 12.4 Å². The van der Waals surface area contributed by atoms with Crippen molar-refractivity contribution >= 4 is 5.95 Å². The minimum absolute atomic E-state index is 0.375. The number of anilines is 1. The van der Waals surface area contributed by atoms with E-state index in [4.69, 9.17) is 0 Å². The van der Waals surface area contributed by atoms with Gasteiger partial charge in [-0.05, 0) is 39.9 Å². The van der Waals surface area contributed by atoms with E-state index in [-0.39, 0.29) is 5.82 Å². The molecule has 2 aliphatic rings. The van der Waals surface area contributed by atoms with E-state index in [0.29, 0.717) is 23.9 Å². The van der Waals surface area contributed by atoms with E-state index in [1.165, 1.54) is 18.8 Å². The van der Waals surface area contributed by atoms with Crippen LogP contribution in [0.1, 0.15) is 12.8 Å². The van der Waals surface area contributed by atoms with Gasteiger partial charge in [-0.1, -0.05) is 0 Å². The number of halogens is 1. The molecule has 0 amide bonds. The summed E-state index contributed by atoms with van der Waals surface area (Å²) in [4.78, 5) is 15.3. The molecule has 2 aliphatic heterocycles. The average Bonchev–Trinajstić information content (AvgIpc) is 2.75. The van der Waals surface area contributed by atoms with Gasteiger partial charge in [-0.3, -0.25) is 4.90 Å². The van der Waals surface area contributed by atoms with Crippen LogP contribution in [0.3, 0.4) is 0 Å². The fourth-order valence-electron chi connectivity index (χ4n) is 3.85. The van der Waals surface area contributed by atoms with Crippen molar-refractivity contribution in [3.8, 4) is 0 Å². The highest BCUT2D eigenvalue weighted by atomic mass is 19.1. The molecule has 0 saturated carbocycles. The summed E-state index contributed by atoms with van der Waals surface area (Å²) in [5.74, 6) is 0.941. The fourth-order valence-corrected chi connectivity index (χ4v) is 3.85. The lowest BCUT2D eigenvalue weighted by atomic mass is 9.92. The van der Waals surface area contributed by atoms with Crippen molar-refractivity contribution in [2.75, 3.05) is 45.7 Å². The monoisotopic (exact) mass is 293 g/mol. The van der Waals surface area contributed by atoms with E-state index in [1.807, 2.05) is 0 Å². The molecular formula is C15H24FN5. The van der Waals surface area contributed by atoms with Gasteiger partial charge in [-0.2, -0.15) is 0 Å². The van der Waals surface area contributed by atoms with Gasteiger partial charge in [0.25, 0.3) is 0 Å². The molecule has 21 heavy (non-hydrogen) atoms. The second kappa shape index (κ2) is 5.85. The first kappa shape index (κ1) is 14.7. The van der Waals surface area contributed by atoms with Gasteiger partial charge in [0.2, 0.25) is 5.95 Å². The highest BCUT2D eigenvalue weighted by Gasteiger charge is 2.42. The zero-order valence-electron chi connectivity index (χ0n) is 13.0. The van der Waals surface area contributed by atoms with Crippen LogP contribution in [-0.2, 0) is 0 Å². The molecule has 3 heterocycles. The quantitative estimate of drug-likeness (QED) is 0.833. The topological polar surface area (TPSA) is 35.5 Å². The molecule has 0 bridgehead atoms. The predicted molar refractivity (Wildman–Crippen MR) is 80.8 cm³/mol. The second-order valence-corrected chi connectivity index (χ2v) is 6.58. The first-order valence-electron chi connectivity index (χ1n) is 7.63. The Hall–Kier alpha value is -1.27. The summed E-state index contributed by atoms with van der Waals surface area (Å²) in [6, 6.07) is 1.29. The van der Waals surface area contributed by atoms with Crippen LogP contribution in [0.4, 0.5) is 10.3 Å². The van der Waals surface area contributed by atoms with Crippen molar-refractivity contribution in [1.82, 2.24) is 19.8 Å². The van der Waals surface area contributed by atoms with Gasteiger partial charge in [-0.25, -0.2) is 14.4 Å². The summed E-state index contributed by atoms with van der Waals surface area (Å²) < 4.78 is 12.9. The summed E-state index contributed by atoms with van der Waals surface area (Å²) in [5, 5.41) is 0. The Morgan fingerprint density at radius 3 is 2.71 bits per heavy atom. The van der Waals surface area contributed by atoms with Crippen LogP contribution >= 0.6 is 0 Å². The van der Waals surface area contributed by atoms with Gasteiger partial charge in [0.1, 0.15) is 0 Å². The normalized spacial score (nSPS) is 30.0. The Bertz CT molecular complexity index is 477. The molecule has 2 unspecified atom stereocenters. The van der Waals surface area contributed by atoms with E-state index in [1.54, 1.807) is 0 Å². The third-order valence-corrected chi connectivity index (χ3v) is 4.83. The van der Waals surface area contributed by atoms with Gasteiger partial charge in [0, 0.05) is 31.7 Å². The van der Waals surface area contributed by atoms with Crippen LogP contribution in [0.5, 0.6) is 0 Å². The number of hydrogen-bond donors (Lipinski definition) is 0. The van der Waals surface area contributed by atoms with Gasteiger partial charge < -0.3 is 9.80 Å². The van der Waals surface area contributed by atoms with Crippen LogP contribution in [0.2, 0.25) is 0 Å². The first-order valence-corrected chi connectivity index (χ1v) is 7.63. The van der Waals surface area contributed by atoms with Crippen LogP contribution in [0.15, 0.2) is 12.4 Å². The summed E-state index contributed by atoms with van der Waals surface area (Å²) >= 11 is 0. The maximum Gasteiger partial charge on any atom is 0.225 e. The van der Waals surface area contributed by atoms with Crippen molar-refractivity contribution in [3.63, 3.8) is 0 Å². The maximum absolute atomic E-state index is 12.9. The zero-order chi connectivity index (χ0) is 15.0. The summed E-state index contributed by atoms with van der Waals surface area (Å²) in [7, 11) is 6.52. The lowest BCUT2D eigenvalue weighted by molar-refractivity contribution is 0.179. The SMILES string of the molecule is CN(C)C[C@@H]1CC2CN(c3ncc(F)cn3)CCC2N1C. The number of aromatic nitrogens is 2. The number of piperidine rings is 1. The van der Waals surface area contributed by atoms with E-state index < -0.39 is 0 Å². The highest BCUT2D eigenvalue weighted by molar-refractivity contribution is 5.30. The van der Waals surface area contributed by atoms with Crippen LogP contribution in [-0.4, -0.2) is 72.6 Å². The Morgan fingerprint density at radius 1 is 1.33 bits per heavy atom. The van der Waals surface area contributed by atoms with E-state index in [9.17, 15) is 4.39 Å². The first-order chi connectivity index (χ1) is 10.0. The van der Waals surface area contributed by atoms with Crippen LogP contribution in [0.25, 0.3) is 0 Å². The Morgan fingerprint density at radius 2 is 2.05 bits per heavy atom. The zero-order valence-corrected chi connectivity index (χ0v) is 13.0. The third-order valence-electron chi connectivity index (χ3n) is 4.83. The molecule has 0 N–H and O–H groups in total. The Labute approximate surface area is 125 Å². The Kier molecular flexibility index (Phi) is 4.08. The lowest BCUT2D eigenvalue weighted by Gasteiger charge is -2.37. The molecule has 0 radical (unpaired) electrons. The average molecular weight is 293 g/mol. The fraction of sp³-hybridized carbons (Fsp3) is 0.733. The Balaban J connectivity index is 1.67. The molecule has 5 nitrogen and oxygen atoms in total. The smallest absolute Gasteiger partial charge is 0.225 e. The number of fused-ring (bicyclic) bond motifs is 1. The number of rotatable bonds is 3. The highest BCUT2D eigenvalue weighted by Crippen LogP contribution is 2.35. The molecule has 0 aromatic carbocycles. The van der Waals surface area contributed by atoms with Crippen molar-refractivity contribution in [1.29, 1.82) is 0 Å². The molecular weight excluding hydrogens is 269 g/mol. The molecule has 0 aliphatic carbocycles. The van der Waals surface area contributed by atoms with E-state index in [0.717, 1.165) is 26.1 Å². The number of likely N-dealkylation sites (tertiary alicyclic amines) is 1. The maximum atomic E-state index is 12.9. The van der Waals surface area contributed by atoms with Gasteiger partial charge in [-0.15, -0.1) is 0 Å². The molecule has 116 valence electrons. The molecule has 2 saturated heterocycles. The van der Waals surface area contributed by atoms with Gasteiger partial charge in [0.15, 0.2) is 5.82 Å². The summed E-state index contributed by atoms with van der Waals surface area (Å²) in [5.41, 5.74) is 0. The van der Waals surface area contributed by atoms with Crippen LogP contribution in [0, 0.1) is 11.7 Å². The number of nitrogens with zero attached hydrogens (tertiary/aromatic N) is 5. The molecule has 1 aromatic rings. The van der Waals surface area contributed by atoms with Crippen LogP contribution < -0.4 is 4.90 Å². The van der Waals surface area contributed by atoms with Crippen molar-refractivity contribution in [3.05, 3.63) is 18.2 Å². The molecule has 6 heteroatoms. The summed E-state index contributed by atoms with van der Waals surface area (Å²) in [6.45, 7) is 3.03. The van der Waals surface area contributed by atoms with Crippen molar-refractivity contribution in [2.24, 2.45) is 5.92 Å².